The second-order valence-corrected chi connectivity index (χ2v) is 5.17. The normalized spacial score (nSPS) is 11.2. The van der Waals surface area contributed by atoms with Crippen LogP contribution >= 0.6 is 11.6 Å². The Morgan fingerprint density at radius 1 is 1.42 bits per heavy atom. The quantitative estimate of drug-likeness (QED) is 0.675. The average molecular weight is 282 g/mol. The van der Waals surface area contributed by atoms with Crippen LogP contribution in [-0.4, -0.2) is 20.9 Å². The molecule has 0 bridgehead atoms. The Morgan fingerprint density at radius 3 is 2.95 bits per heavy atom. The number of carbonyl (C=O) groups excluding carboxylic acids is 1. The minimum absolute atomic E-state index is 0.130. The summed E-state index contributed by atoms with van der Waals surface area (Å²) in [6.07, 6.45) is 1.26. The molecule has 1 N–H and O–H groups in total. The Kier molecular flexibility index (Phi) is 4.37. The van der Waals surface area contributed by atoms with Gasteiger partial charge in [0.2, 0.25) is 0 Å². The van der Waals surface area contributed by atoms with Crippen LogP contribution in [0.3, 0.4) is 0 Å². The van der Waals surface area contributed by atoms with Gasteiger partial charge in [-0.15, -0.1) is 0 Å². The fourth-order valence-corrected chi connectivity index (χ4v) is 1.76. The van der Waals surface area contributed by atoms with E-state index in [0.29, 0.717) is 29.0 Å². The van der Waals surface area contributed by atoms with Gasteiger partial charge in [0.15, 0.2) is 5.65 Å². The number of halogens is 1. The zero-order valence-electron chi connectivity index (χ0n) is 10.9. The zero-order valence-corrected chi connectivity index (χ0v) is 11.7. The van der Waals surface area contributed by atoms with Crippen molar-refractivity contribution in [1.82, 2.24) is 15.0 Å². The van der Waals surface area contributed by atoms with Crippen molar-refractivity contribution in [2.24, 2.45) is 5.92 Å². The maximum atomic E-state index is 11.5. The summed E-state index contributed by atoms with van der Waals surface area (Å²) in [6, 6.07) is 3.47. The number of carbonyl (C=O) groups is 1. The highest BCUT2D eigenvalue weighted by molar-refractivity contribution is 6.29. The molecule has 6 heteroatoms. The van der Waals surface area contributed by atoms with Crippen LogP contribution in [0, 0.1) is 5.92 Å². The van der Waals surface area contributed by atoms with Gasteiger partial charge in [-0.2, -0.15) is 0 Å². The number of rotatable bonds is 5. The average Bonchev–Trinajstić information content (AvgIpc) is 2.75. The summed E-state index contributed by atoms with van der Waals surface area (Å²) in [7, 11) is 0. The minimum atomic E-state index is -0.208. The monoisotopic (exact) mass is 281 g/mol. The maximum absolute atomic E-state index is 11.5. The number of hydrogen-bond acceptors (Lipinski definition) is 4. The largest absolute Gasteiger partial charge is 0.458 e. The maximum Gasteiger partial charge on any atom is 0.306 e. The van der Waals surface area contributed by atoms with Crippen molar-refractivity contribution in [2.75, 3.05) is 0 Å². The van der Waals surface area contributed by atoms with Crippen molar-refractivity contribution < 1.29 is 9.53 Å². The molecule has 0 aliphatic heterocycles. The van der Waals surface area contributed by atoms with E-state index in [1.807, 2.05) is 0 Å². The number of aromatic nitrogens is 3. The first-order chi connectivity index (χ1) is 9.04. The van der Waals surface area contributed by atoms with E-state index in [9.17, 15) is 4.79 Å². The molecular weight excluding hydrogens is 266 g/mol. The van der Waals surface area contributed by atoms with Gasteiger partial charge in [0.05, 0.1) is 5.52 Å². The number of nitrogens with one attached hydrogen (secondary N) is 1. The Hall–Kier alpha value is -1.62. The van der Waals surface area contributed by atoms with E-state index >= 15 is 0 Å². The van der Waals surface area contributed by atoms with Gasteiger partial charge in [0.1, 0.15) is 17.6 Å². The summed E-state index contributed by atoms with van der Waals surface area (Å²) in [5.41, 5.74) is 1.30. The van der Waals surface area contributed by atoms with Crippen molar-refractivity contribution in [2.45, 2.75) is 33.3 Å². The summed E-state index contributed by atoms with van der Waals surface area (Å²) < 4.78 is 5.14. The third-order valence-corrected chi connectivity index (χ3v) is 2.87. The summed E-state index contributed by atoms with van der Waals surface area (Å²) >= 11 is 5.78. The van der Waals surface area contributed by atoms with Gasteiger partial charge in [-0.1, -0.05) is 25.4 Å². The highest BCUT2D eigenvalue weighted by atomic mass is 35.5. The first-order valence-corrected chi connectivity index (χ1v) is 6.59. The molecule has 2 rings (SSSR count). The summed E-state index contributed by atoms with van der Waals surface area (Å²) in [5.74, 6) is 0.855. The van der Waals surface area contributed by atoms with Crippen LogP contribution in [-0.2, 0) is 16.1 Å². The number of nitrogens with zero attached hydrogens (tertiary/aromatic N) is 2. The SMILES string of the molecule is CC(C)CCC(=O)OCc1nc2nc(Cl)ccc2[nH]1. The minimum Gasteiger partial charge on any atom is -0.458 e. The van der Waals surface area contributed by atoms with E-state index in [-0.39, 0.29) is 12.6 Å². The molecule has 0 aromatic carbocycles. The number of fused-ring (bicyclic) bond motifs is 1. The lowest BCUT2D eigenvalue weighted by Gasteiger charge is -2.04. The number of esters is 1. The topological polar surface area (TPSA) is 67.9 Å². The van der Waals surface area contributed by atoms with Gasteiger partial charge in [-0.05, 0) is 24.5 Å². The van der Waals surface area contributed by atoms with Gasteiger partial charge < -0.3 is 9.72 Å². The van der Waals surface area contributed by atoms with E-state index in [4.69, 9.17) is 16.3 Å². The van der Waals surface area contributed by atoms with Crippen LogP contribution in [0.15, 0.2) is 12.1 Å². The molecule has 0 aliphatic carbocycles. The molecule has 0 fully saturated rings. The smallest absolute Gasteiger partial charge is 0.306 e. The highest BCUT2D eigenvalue weighted by Crippen LogP contribution is 2.13. The second-order valence-electron chi connectivity index (χ2n) is 4.78. The molecule has 5 nitrogen and oxygen atoms in total. The van der Waals surface area contributed by atoms with Crippen LogP contribution in [0.1, 0.15) is 32.5 Å². The van der Waals surface area contributed by atoms with Crippen molar-refractivity contribution in [3.05, 3.63) is 23.1 Å². The molecule has 2 heterocycles. The molecular formula is C13H16ClN3O2. The summed E-state index contributed by atoms with van der Waals surface area (Å²) in [6.45, 7) is 4.27. The third-order valence-electron chi connectivity index (χ3n) is 2.66. The van der Waals surface area contributed by atoms with E-state index < -0.39 is 0 Å². The molecule has 2 aromatic rings. The summed E-state index contributed by atoms with van der Waals surface area (Å²) in [5, 5.41) is 0.388. The predicted molar refractivity (Wildman–Crippen MR) is 72.8 cm³/mol. The fraction of sp³-hybridized carbons (Fsp3) is 0.462. The predicted octanol–water partition coefficient (Wildman–Crippen LogP) is 3.09. The number of H-pyrrole nitrogens is 1. The van der Waals surface area contributed by atoms with Crippen molar-refractivity contribution in [1.29, 1.82) is 0 Å². The van der Waals surface area contributed by atoms with Gasteiger partial charge >= 0.3 is 5.97 Å². The zero-order chi connectivity index (χ0) is 13.8. The molecule has 19 heavy (non-hydrogen) atoms. The van der Waals surface area contributed by atoms with E-state index in [1.54, 1.807) is 12.1 Å². The molecule has 0 saturated carbocycles. The number of hydrogen-bond donors (Lipinski definition) is 1. The molecule has 0 unspecified atom stereocenters. The molecule has 0 amide bonds. The molecule has 0 atom stereocenters. The Balaban J connectivity index is 1.92. The lowest BCUT2D eigenvalue weighted by molar-refractivity contribution is -0.145. The fourth-order valence-electron chi connectivity index (χ4n) is 1.62. The molecule has 0 saturated heterocycles. The van der Waals surface area contributed by atoms with E-state index in [1.165, 1.54) is 0 Å². The molecule has 2 aromatic heterocycles. The van der Waals surface area contributed by atoms with Crippen LogP contribution in [0.25, 0.3) is 11.2 Å². The van der Waals surface area contributed by atoms with Crippen molar-refractivity contribution >= 4 is 28.7 Å². The van der Waals surface area contributed by atoms with Crippen LogP contribution in [0.5, 0.6) is 0 Å². The first-order valence-electron chi connectivity index (χ1n) is 6.21. The summed E-state index contributed by atoms with van der Waals surface area (Å²) in [4.78, 5) is 22.8. The van der Waals surface area contributed by atoms with E-state index in [2.05, 4.69) is 28.8 Å². The van der Waals surface area contributed by atoms with Gasteiger partial charge in [0.25, 0.3) is 0 Å². The molecule has 0 aliphatic rings. The first kappa shape index (κ1) is 13.8. The Labute approximate surface area is 116 Å². The Morgan fingerprint density at radius 2 is 2.21 bits per heavy atom. The van der Waals surface area contributed by atoms with Gasteiger partial charge in [0, 0.05) is 6.42 Å². The van der Waals surface area contributed by atoms with Crippen LogP contribution in [0.4, 0.5) is 0 Å². The van der Waals surface area contributed by atoms with Crippen molar-refractivity contribution in [3.8, 4) is 0 Å². The molecule has 0 radical (unpaired) electrons. The van der Waals surface area contributed by atoms with Crippen LogP contribution < -0.4 is 0 Å². The van der Waals surface area contributed by atoms with Crippen molar-refractivity contribution in [3.63, 3.8) is 0 Å². The molecule has 0 spiro atoms. The third kappa shape index (κ3) is 3.92. The Bertz CT molecular complexity index is 580. The second kappa shape index (κ2) is 6.02. The number of ether oxygens (including phenoxy) is 1. The van der Waals surface area contributed by atoms with E-state index in [0.717, 1.165) is 11.9 Å². The lowest BCUT2D eigenvalue weighted by Crippen LogP contribution is -2.06. The van der Waals surface area contributed by atoms with Gasteiger partial charge in [-0.25, -0.2) is 9.97 Å². The number of pyridine rings is 1. The van der Waals surface area contributed by atoms with Crippen LogP contribution in [0.2, 0.25) is 5.15 Å². The highest BCUT2D eigenvalue weighted by Gasteiger charge is 2.08. The van der Waals surface area contributed by atoms with Gasteiger partial charge in [-0.3, -0.25) is 4.79 Å². The standard InChI is InChI=1S/C13H16ClN3O2/c1-8(2)3-6-12(18)19-7-11-15-9-4-5-10(14)16-13(9)17-11/h4-5,8H,3,6-7H2,1-2H3,(H,15,16,17). The number of aromatic amines is 1. The number of imidazole rings is 1. The lowest BCUT2D eigenvalue weighted by atomic mass is 10.1. The molecule has 102 valence electrons.